The predicted octanol–water partition coefficient (Wildman–Crippen LogP) is 4.79. The van der Waals surface area contributed by atoms with E-state index in [-0.39, 0.29) is 5.97 Å². The van der Waals surface area contributed by atoms with Crippen LogP contribution in [0.4, 0.5) is 0 Å². The van der Waals surface area contributed by atoms with Crippen LogP contribution in [-0.4, -0.2) is 26.3 Å². The van der Waals surface area contributed by atoms with Gasteiger partial charge in [-0.25, -0.2) is 0 Å². The first kappa shape index (κ1) is 18.7. The lowest BCUT2D eigenvalue weighted by atomic mass is 9.78. The van der Waals surface area contributed by atoms with Crippen LogP contribution in [0.2, 0.25) is 0 Å². The Balaban J connectivity index is 2.28. The Morgan fingerprint density at radius 1 is 0.846 bits per heavy atom. The molecule has 1 aliphatic rings. The van der Waals surface area contributed by atoms with Gasteiger partial charge in [-0.05, 0) is 72.2 Å². The zero-order chi connectivity index (χ0) is 19.1. The Kier molecular flexibility index (Phi) is 4.94. The van der Waals surface area contributed by atoms with E-state index in [9.17, 15) is 4.79 Å². The number of aryl methyl sites for hydroxylation is 4. The van der Waals surface area contributed by atoms with E-state index in [4.69, 9.17) is 9.47 Å². The average molecular weight is 352 g/mol. The normalized spacial score (nSPS) is 14.1. The molecule has 0 radical (unpaired) electrons. The van der Waals surface area contributed by atoms with Crippen molar-refractivity contribution >= 4 is 5.97 Å². The van der Waals surface area contributed by atoms with Crippen LogP contribution < -0.4 is 0 Å². The minimum Gasteiger partial charge on any atom is -0.464 e. The van der Waals surface area contributed by atoms with Crippen LogP contribution in [0.15, 0.2) is 24.3 Å². The molecule has 2 aromatic carbocycles. The molecule has 0 heterocycles. The third-order valence-electron chi connectivity index (χ3n) is 5.75. The predicted molar refractivity (Wildman–Crippen MR) is 105 cm³/mol. The summed E-state index contributed by atoms with van der Waals surface area (Å²) in [4.78, 5) is 11.9. The van der Waals surface area contributed by atoms with E-state index < -0.39 is 5.41 Å². The summed E-state index contributed by atoms with van der Waals surface area (Å²) in [5.74, 6) is -0.178. The quantitative estimate of drug-likeness (QED) is 0.726. The van der Waals surface area contributed by atoms with E-state index in [1.54, 1.807) is 7.11 Å². The maximum Gasteiger partial charge on any atom is 0.305 e. The Morgan fingerprint density at radius 3 is 1.73 bits per heavy atom. The third-order valence-corrected chi connectivity index (χ3v) is 5.75. The molecule has 0 bridgehead atoms. The van der Waals surface area contributed by atoms with Crippen molar-refractivity contribution in [2.24, 2.45) is 0 Å². The monoisotopic (exact) mass is 352 g/mol. The van der Waals surface area contributed by atoms with Gasteiger partial charge in [0.25, 0.3) is 0 Å². The Bertz CT molecular complexity index is 807. The lowest BCUT2D eigenvalue weighted by Crippen LogP contribution is -2.37. The van der Waals surface area contributed by atoms with Crippen LogP contribution in [0.1, 0.15) is 46.7 Å². The topological polar surface area (TPSA) is 35.5 Å². The molecule has 0 amide bonds. The van der Waals surface area contributed by atoms with Crippen molar-refractivity contribution in [3.63, 3.8) is 0 Å². The van der Waals surface area contributed by atoms with Crippen molar-refractivity contribution < 1.29 is 14.3 Å². The van der Waals surface area contributed by atoms with Crippen molar-refractivity contribution in [2.45, 2.75) is 46.5 Å². The van der Waals surface area contributed by atoms with E-state index in [0.717, 1.165) is 0 Å². The number of methoxy groups -OCH3 is 1. The summed E-state index contributed by atoms with van der Waals surface area (Å²) in [6.07, 6.45) is 0.378. The van der Waals surface area contributed by atoms with Crippen LogP contribution in [0.3, 0.4) is 0 Å². The summed E-state index contributed by atoms with van der Waals surface area (Å²) in [6.45, 7) is 11.2. The SMILES string of the molecule is CCC(=O)OCC1(COC)c2cc(C)c(C)cc2-c2cc(C)c(C)cc21. The summed E-state index contributed by atoms with van der Waals surface area (Å²) in [6, 6.07) is 9.01. The maximum absolute atomic E-state index is 11.9. The van der Waals surface area contributed by atoms with Crippen molar-refractivity contribution in [2.75, 3.05) is 20.3 Å². The highest BCUT2D eigenvalue weighted by molar-refractivity contribution is 5.83. The van der Waals surface area contributed by atoms with Gasteiger partial charge in [0, 0.05) is 13.5 Å². The molecule has 138 valence electrons. The number of fused-ring (bicyclic) bond motifs is 3. The van der Waals surface area contributed by atoms with Gasteiger partial charge in [-0.3, -0.25) is 4.79 Å². The zero-order valence-corrected chi connectivity index (χ0v) is 16.7. The van der Waals surface area contributed by atoms with Crippen molar-refractivity contribution in [1.29, 1.82) is 0 Å². The first-order chi connectivity index (χ1) is 12.3. The van der Waals surface area contributed by atoms with E-state index in [0.29, 0.717) is 19.6 Å². The molecule has 3 rings (SSSR count). The van der Waals surface area contributed by atoms with Crippen LogP contribution in [-0.2, 0) is 19.7 Å². The molecule has 0 N–H and O–H groups in total. The van der Waals surface area contributed by atoms with E-state index >= 15 is 0 Å². The number of esters is 1. The second kappa shape index (κ2) is 6.88. The van der Waals surface area contributed by atoms with Crippen LogP contribution in [0, 0.1) is 27.7 Å². The van der Waals surface area contributed by atoms with E-state index in [1.807, 2.05) is 6.92 Å². The molecular formula is C23H28O3. The summed E-state index contributed by atoms with van der Waals surface area (Å²) in [5, 5.41) is 0. The summed E-state index contributed by atoms with van der Waals surface area (Å²) in [7, 11) is 1.71. The molecule has 2 aromatic rings. The molecule has 1 aliphatic carbocycles. The maximum atomic E-state index is 11.9. The molecule has 26 heavy (non-hydrogen) atoms. The van der Waals surface area contributed by atoms with Crippen LogP contribution in [0.5, 0.6) is 0 Å². The fraction of sp³-hybridized carbons (Fsp3) is 0.435. The van der Waals surface area contributed by atoms with Crippen molar-refractivity contribution in [3.8, 4) is 11.1 Å². The summed E-state index contributed by atoms with van der Waals surface area (Å²) >= 11 is 0. The molecule has 0 saturated carbocycles. The van der Waals surface area contributed by atoms with Crippen molar-refractivity contribution in [1.82, 2.24) is 0 Å². The highest BCUT2D eigenvalue weighted by Gasteiger charge is 2.45. The first-order valence-corrected chi connectivity index (χ1v) is 9.22. The van der Waals surface area contributed by atoms with Gasteiger partial charge in [0.2, 0.25) is 0 Å². The highest BCUT2D eigenvalue weighted by atomic mass is 16.5. The number of carbonyl (C=O) groups is 1. The number of carbonyl (C=O) groups excluding carboxylic acids is 1. The molecule has 0 spiro atoms. The lowest BCUT2D eigenvalue weighted by molar-refractivity contribution is -0.145. The van der Waals surface area contributed by atoms with Gasteiger partial charge in [0.15, 0.2) is 0 Å². The molecule has 0 fully saturated rings. The smallest absolute Gasteiger partial charge is 0.305 e. The molecule has 0 aromatic heterocycles. The number of hydrogen-bond acceptors (Lipinski definition) is 3. The minimum absolute atomic E-state index is 0.178. The molecule has 0 unspecified atom stereocenters. The lowest BCUT2D eigenvalue weighted by Gasteiger charge is -2.31. The number of hydrogen-bond donors (Lipinski definition) is 0. The molecule has 0 aliphatic heterocycles. The summed E-state index contributed by atoms with van der Waals surface area (Å²) in [5.41, 5.74) is 9.43. The standard InChI is InChI=1S/C23H28O3/c1-7-22(24)26-13-23(12-25-6)20-10-16(4)14(2)8-18(20)19-9-15(3)17(5)11-21(19)23/h8-11H,7,12-13H2,1-6H3. The highest BCUT2D eigenvalue weighted by Crippen LogP contribution is 2.51. The average Bonchev–Trinajstić information content (AvgIpc) is 2.84. The van der Waals surface area contributed by atoms with E-state index in [1.165, 1.54) is 44.5 Å². The van der Waals surface area contributed by atoms with E-state index in [2.05, 4.69) is 52.0 Å². The molecule has 3 nitrogen and oxygen atoms in total. The Labute approximate surface area is 156 Å². The Morgan fingerprint density at radius 2 is 1.31 bits per heavy atom. The van der Waals surface area contributed by atoms with Crippen LogP contribution in [0.25, 0.3) is 11.1 Å². The van der Waals surface area contributed by atoms with Gasteiger partial charge < -0.3 is 9.47 Å². The first-order valence-electron chi connectivity index (χ1n) is 9.22. The largest absolute Gasteiger partial charge is 0.464 e. The van der Waals surface area contributed by atoms with Gasteiger partial charge in [0.05, 0.1) is 12.0 Å². The number of rotatable bonds is 5. The molecule has 0 atom stereocenters. The van der Waals surface area contributed by atoms with Gasteiger partial charge in [-0.2, -0.15) is 0 Å². The summed E-state index contributed by atoms with van der Waals surface area (Å²) < 4.78 is 11.3. The fourth-order valence-electron chi connectivity index (χ4n) is 3.92. The van der Waals surface area contributed by atoms with Crippen LogP contribution >= 0.6 is 0 Å². The van der Waals surface area contributed by atoms with Gasteiger partial charge in [0.1, 0.15) is 6.61 Å². The molecule has 3 heteroatoms. The molecule has 0 saturated heterocycles. The Hall–Kier alpha value is -2.13. The van der Waals surface area contributed by atoms with Gasteiger partial charge >= 0.3 is 5.97 Å². The van der Waals surface area contributed by atoms with Gasteiger partial charge in [-0.1, -0.05) is 31.2 Å². The molecular weight excluding hydrogens is 324 g/mol. The zero-order valence-electron chi connectivity index (χ0n) is 16.7. The third kappa shape index (κ3) is 2.84. The number of ether oxygens (including phenoxy) is 2. The fourth-order valence-corrected chi connectivity index (χ4v) is 3.92. The second-order valence-corrected chi connectivity index (χ2v) is 7.49. The number of benzene rings is 2. The minimum atomic E-state index is -0.457. The van der Waals surface area contributed by atoms with Crippen molar-refractivity contribution in [3.05, 3.63) is 57.6 Å². The second-order valence-electron chi connectivity index (χ2n) is 7.49. The van der Waals surface area contributed by atoms with Gasteiger partial charge in [-0.15, -0.1) is 0 Å².